The quantitative estimate of drug-likeness (QED) is 0.330. The van der Waals surface area contributed by atoms with E-state index in [1.807, 2.05) is 7.11 Å². The Hall–Kier alpha value is -0.810. The van der Waals surface area contributed by atoms with E-state index >= 15 is 0 Å². The van der Waals surface area contributed by atoms with Crippen molar-refractivity contribution in [3.63, 3.8) is 0 Å². The van der Waals surface area contributed by atoms with E-state index in [0.717, 1.165) is 58.3 Å². The van der Waals surface area contributed by atoms with Crippen LogP contribution in [-0.4, -0.2) is 92.2 Å². The van der Waals surface area contributed by atoms with E-state index in [-0.39, 0.29) is 52.0 Å². The molecule has 3 saturated heterocycles. The molecular formula is C40H62NO8. The van der Waals surface area contributed by atoms with Crippen molar-refractivity contribution in [2.45, 2.75) is 143 Å². The van der Waals surface area contributed by atoms with Gasteiger partial charge in [-0.1, -0.05) is 34.6 Å². The third kappa shape index (κ3) is 4.83. The van der Waals surface area contributed by atoms with Crippen LogP contribution in [0.2, 0.25) is 0 Å². The highest BCUT2D eigenvalue weighted by Gasteiger charge is 2.85. The fraction of sp³-hybridized carbons (Fsp3) is 0.900. The largest absolute Gasteiger partial charge is 0.456 e. The summed E-state index contributed by atoms with van der Waals surface area (Å²) in [5.41, 5.74) is -0.837. The Morgan fingerprint density at radius 1 is 1.10 bits per heavy atom. The van der Waals surface area contributed by atoms with Crippen LogP contribution in [0.4, 0.5) is 0 Å². The number of rotatable bonds is 7. The van der Waals surface area contributed by atoms with Crippen molar-refractivity contribution < 1.29 is 38.3 Å². The number of aliphatic hydroxyl groups is 1. The second-order valence-corrected chi connectivity index (χ2v) is 19.0. The molecule has 0 aromatic carbocycles. The van der Waals surface area contributed by atoms with Gasteiger partial charge in [0.2, 0.25) is 0 Å². The summed E-state index contributed by atoms with van der Waals surface area (Å²) in [5.74, 6) is 2.42. The smallest absolute Gasteiger partial charge is 0.303 e. The van der Waals surface area contributed by atoms with E-state index in [1.54, 1.807) is 19.8 Å². The van der Waals surface area contributed by atoms with Crippen LogP contribution in [0.15, 0.2) is 0 Å². The molecule has 0 bridgehead atoms. The van der Waals surface area contributed by atoms with E-state index in [0.29, 0.717) is 29.9 Å². The second-order valence-electron chi connectivity index (χ2n) is 19.0. The zero-order chi connectivity index (χ0) is 34.9. The van der Waals surface area contributed by atoms with Gasteiger partial charge >= 0.3 is 5.97 Å². The third-order valence-electron chi connectivity index (χ3n) is 15.9. The van der Waals surface area contributed by atoms with Crippen molar-refractivity contribution in [2.24, 2.45) is 44.8 Å². The number of hydrogen-bond acceptors (Lipinski definition) is 9. The van der Waals surface area contributed by atoms with Crippen LogP contribution in [0.1, 0.15) is 107 Å². The highest BCUT2D eigenvalue weighted by molar-refractivity contribution is 5.66. The Morgan fingerprint density at radius 3 is 2.51 bits per heavy atom. The average molecular weight is 685 g/mol. The number of nitrogens with zero attached hydrogens (tertiary/aromatic N) is 1. The van der Waals surface area contributed by atoms with E-state index in [9.17, 15) is 9.90 Å². The van der Waals surface area contributed by atoms with Crippen LogP contribution in [0.25, 0.3) is 0 Å². The predicted octanol–water partition coefficient (Wildman–Crippen LogP) is 5.88. The minimum Gasteiger partial charge on any atom is -0.456 e. The molecule has 0 aromatic heterocycles. The molecule has 3 radical (unpaired) electrons. The number of carbonyl (C=O) groups is 1. The number of carbonyl (C=O) groups excluding carboxylic acids is 1. The maximum Gasteiger partial charge on any atom is 0.303 e. The molecule has 5 aliphatic carbocycles. The molecule has 3 aliphatic heterocycles. The second kappa shape index (κ2) is 11.6. The predicted molar refractivity (Wildman–Crippen MR) is 182 cm³/mol. The van der Waals surface area contributed by atoms with Gasteiger partial charge in [-0.15, -0.1) is 0 Å². The summed E-state index contributed by atoms with van der Waals surface area (Å²) < 4.78 is 37.8. The maximum atomic E-state index is 12.2. The van der Waals surface area contributed by atoms with Crippen molar-refractivity contribution >= 4 is 5.97 Å². The van der Waals surface area contributed by atoms with Gasteiger partial charge in [-0.25, -0.2) is 0 Å². The van der Waals surface area contributed by atoms with Crippen LogP contribution in [-0.2, 0) is 33.2 Å². The van der Waals surface area contributed by atoms with Crippen LogP contribution >= 0.6 is 0 Å². The summed E-state index contributed by atoms with van der Waals surface area (Å²) in [7, 11) is 1.85. The lowest BCUT2D eigenvalue weighted by Crippen LogP contribution is -2.60. The summed E-state index contributed by atoms with van der Waals surface area (Å²) in [6, 6.07) is 0.512. The topological polar surface area (TPSA) is 95.9 Å². The summed E-state index contributed by atoms with van der Waals surface area (Å²) in [5, 5.41) is 11.1. The van der Waals surface area contributed by atoms with Gasteiger partial charge < -0.3 is 33.5 Å². The number of ether oxygens (including phenoxy) is 6. The summed E-state index contributed by atoms with van der Waals surface area (Å²) in [4.78, 5) is 14.7. The highest BCUT2D eigenvalue weighted by Crippen LogP contribution is 2.90. The number of morpholine rings is 1. The minimum atomic E-state index is -1.27. The molecule has 9 heteroatoms. The van der Waals surface area contributed by atoms with Crippen molar-refractivity contribution in [3.8, 4) is 0 Å². The maximum absolute atomic E-state index is 12.2. The van der Waals surface area contributed by atoms with Gasteiger partial charge in [0.05, 0.1) is 50.2 Å². The number of methoxy groups -OCH3 is 1. The molecular weight excluding hydrogens is 622 g/mol. The van der Waals surface area contributed by atoms with Crippen molar-refractivity contribution in [1.82, 2.24) is 4.90 Å². The van der Waals surface area contributed by atoms with Gasteiger partial charge in [0.15, 0.2) is 12.4 Å². The number of hydrogen-bond donors (Lipinski definition) is 1. The minimum absolute atomic E-state index is 0.0116. The molecule has 8 rings (SSSR count). The molecule has 0 amide bonds. The monoisotopic (exact) mass is 684 g/mol. The first kappa shape index (κ1) is 35.2. The van der Waals surface area contributed by atoms with E-state index < -0.39 is 17.7 Å². The van der Waals surface area contributed by atoms with Crippen molar-refractivity contribution in [1.29, 1.82) is 0 Å². The molecule has 9 nitrogen and oxygen atoms in total. The molecule has 8 aliphatic rings. The zero-order valence-electron chi connectivity index (χ0n) is 31.6. The van der Waals surface area contributed by atoms with E-state index in [1.165, 1.54) is 32.6 Å². The van der Waals surface area contributed by atoms with E-state index in [2.05, 4.69) is 39.5 Å². The first-order chi connectivity index (χ1) is 23.0. The van der Waals surface area contributed by atoms with Crippen molar-refractivity contribution in [2.75, 3.05) is 40.0 Å². The molecule has 8 fully saturated rings. The number of esters is 1. The first-order valence-electron chi connectivity index (χ1n) is 19.3. The van der Waals surface area contributed by atoms with Gasteiger partial charge in [0, 0.05) is 31.9 Å². The van der Waals surface area contributed by atoms with E-state index in [4.69, 9.17) is 28.4 Å². The Balaban J connectivity index is 1.04. The molecule has 275 valence electrons. The molecule has 11 atom stereocenters. The lowest BCUT2D eigenvalue weighted by Gasteiger charge is -2.63. The Morgan fingerprint density at radius 2 is 1.86 bits per heavy atom. The van der Waals surface area contributed by atoms with Gasteiger partial charge in [-0.2, -0.15) is 0 Å². The normalized spacial score (nSPS) is 48.0. The van der Waals surface area contributed by atoms with Crippen LogP contribution in [0, 0.1) is 63.0 Å². The molecule has 3 heterocycles. The van der Waals surface area contributed by atoms with Gasteiger partial charge in [0.1, 0.15) is 12.2 Å². The summed E-state index contributed by atoms with van der Waals surface area (Å²) in [6.07, 6.45) is 9.55. The molecule has 5 saturated carbocycles. The highest BCUT2D eigenvalue weighted by atomic mass is 16.7. The Kier molecular flexibility index (Phi) is 8.34. The average Bonchev–Trinajstić information content (AvgIpc) is 3.61. The third-order valence-corrected chi connectivity index (χ3v) is 15.9. The van der Waals surface area contributed by atoms with Gasteiger partial charge in [-0.05, 0) is 105 Å². The standard InChI is InChI=1S/C40H62NO8/c1-23-18-26(33(36(5,6)43)47-24(2)42)48-32-31(23)37(7)14-15-40-22-39(40)13-12-29(49-30-19-41(16-17-46-30)25-20-45-21-25)35(3,4)27(39)10-11-28(40)38(37,8)34(32)44-9/h23,25,27,29-31,33-34,43H,10-22H2,1-9H3/t23-,27+,29+,30+,31+,33+,34+,37-,38-,39-,40+/m1/s1. The molecule has 2 spiro atoms. The fourth-order valence-electron chi connectivity index (χ4n) is 13.6. The van der Waals surface area contributed by atoms with Gasteiger partial charge in [-0.3, -0.25) is 9.69 Å². The van der Waals surface area contributed by atoms with Crippen LogP contribution < -0.4 is 0 Å². The summed E-state index contributed by atoms with van der Waals surface area (Å²) in [6.45, 7) is 21.3. The lowest BCUT2D eigenvalue weighted by atomic mass is 9.41. The van der Waals surface area contributed by atoms with Crippen molar-refractivity contribution in [3.05, 3.63) is 18.1 Å². The number of fused-ring (bicyclic) bond motifs is 4. The van der Waals surface area contributed by atoms with Crippen LogP contribution in [0.3, 0.4) is 0 Å². The van der Waals surface area contributed by atoms with Gasteiger partial charge in [0.25, 0.3) is 0 Å². The SMILES string of the molecule is CO[C@H]1[C]2O[C]([C@H](OC(C)=O)C(C)(C)O)C[C@@H](C)[C@@H]2[C@@]2(C)CC[C@@]34C[C@@]35CC[C@H](O[C@H]3CN(C6COC6)CCO3)C(C)(C)[C@@H]5CC[C]4[C@]12C. The Labute approximate surface area is 294 Å². The molecule has 0 unspecified atom stereocenters. The van der Waals surface area contributed by atoms with Crippen LogP contribution in [0.5, 0.6) is 0 Å². The molecule has 49 heavy (non-hydrogen) atoms. The Bertz CT molecular complexity index is 1300. The fourth-order valence-corrected chi connectivity index (χ4v) is 13.6. The molecule has 1 N–H and O–H groups in total. The first-order valence-corrected chi connectivity index (χ1v) is 19.3. The zero-order valence-corrected chi connectivity index (χ0v) is 31.6. The molecule has 0 aromatic rings. The summed E-state index contributed by atoms with van der Waals surface area (Å²) >= 11 is 0. The lowest BCUT2D eigenvalue weighted by molar-refractivity contribution is -0.252.